The fourth-order valence-corrected chi connectivity index (χ4v) is 1.54. The molecule has 1 aliphatic rings. The Bertz CT molecular complexity index is 401. The Balaban J connectivity index is 0. The average Bonchev–Trinajstić information content (AvgIpc) is 2.72. The zero-order valence-corrected chi connectivity index (χ0v) is 14.3. The molecule has 0 atom stereocenters. The van der Waals surface area contributed by atoms with Crippen LogP contribution in [0.4, 0.5) is 0 Å². The van der Waals surface area contributed by atoms with Gasteiger partial charge in [0.2, 0.25) is 0 Å². The third-order valence-corrected chi connectivity index (χ3v) is 2.51. The van der Waals surface area contributed by atoms with Gasteiger partial charge in [0, 0.05) is 21.7 Å². The molecule has 1 aromatic carbocycles. The molecular formula is C16H21ClOTi-2. The third kappa shape index (κ3) is 8.31. The van der Waals surface area contributed by atoms with Crippen molar-refractivity contribution in [3.8, 4) is 5.75 Å². The summed E-state index contributed by atoms with van der Waals surface area (Å²) in [7, 11) is 0. The van der Waals surface area contributed by atoms with Gasteiger partial charge in [-0.05, 0) is 35.6 Å². The first kappa shape index (κ1) is 20.8. The average molecular weight is 313 g/mol. The molecular weight excluding hydrogens is 291 g/mol. The molecule has 0 unspecified atom stereocenters. The number of rotatable bonds is 0. The predicted molar refractivity (Wildman–Crippen MR) is 73.1 cm³/mol. The van der Waals surface area contributed by atoms with Crippen molar-refractivity contribution >= 4 is 0 Å². The minimum Gasteiger partial charge on any atom is -1.00 e. The van der Waals surface area contributed by atoms with E-state index in [2.05, 4.69) is 39.0 Å². The Morgan fingerprint density at radius 1 is 1.16 bits per heavy atom. The summed E-state index contributed by atoms with van der Waals surface area (Å²) in [6, 6.07) is 5.71. The van der Waals surface area contributed by atoms with Gasteiger partial charge >= 0.3 is 0 Å². The van der Waals surface area contributed by atoms with Gasteiger partial charge < -0.3 is 17.5 Å². The molecule has 0 aliphatic heterocycles. The SMILES string of the molecule is Cc1cc(O)cc(C(C)(C)C)c1.[C-]1=CC=CC1.[Cl-].[Ti]. The smallest absolute Gasteiger partial charge is 0.116 e. The molecule has 104 valence electrons. The van der Waals surface area contributed by atoms with Crippen molar-refractivity contribution in [2.45, 2.75) is 39.5 Å². The van der Waals surface area contributed by atoms with E-state index in [0.717, 1.165) is 12.0 Å². The second kappa shape index (κ2) is 9.41. The van der Waals surface area contributed by atoms with Crippen LogP contribution in [0.25, 0.3) is 0 Å². The topological polar surface area (TPSA) is 20.2 Å². The molecule has 0 bridgehead atoms. The molecule has 1 aromatic rings. The van der Waals surface area contributed by atoms with Gasteiger partial charge in [-0.25, -0.2) is 12.2 Å². The van der Waals surface area contributed by atoms with Crippen molar-refractivity contribution in [2.75, 3.05) is 0 Å². The number of phenols is 1. The van der Waals surface area contributed by atoms with E-state index in [4.69, 9.17) is 0 Å². The van der Waals surface area contributed by atoms with Gasteiger partial charge in [-0.15, -0.1) is 6.42 Å². The Hall–Kier alpha value is -0.496. The first-order valence-electron chi connectivity index (χ1n) is 5.92. The quantitative estimate of drug-likeness (QED) is 0.566. The number of hydrogen-bond acceptors (Lipinski definition) is 1. The molecule has 1 nitrogen and oxygen atoms in total. The number of hydrogen-bond donors (Lipinski definition) is 1. The Morgan fingerprint density at radius 3 is 2.11 bits per heavy atom. The van der Waals surface area contributed by atoms with Gasteiger partial charge in [0.25, 0.3) is 0 Å². The van der Waals surface area contributed by atoms with Crippen LogP contribution in [-0.2, 0) is 27.1 Å². The van der Waals surface area contributed by atoms with E-state index in [1.807, 2.05) is 25.1 Å². The zero-order valence-electron chi connectivity index (χ0n) is 12.0. The van der Waals surface area contributed by atoms with Crippen molar-refractivity contribution < 1.29 is 39.2 Å². The normalized spacial score (nSPS) is 12.0. The monoisotopic (exact) mass is 312 g/mol. The van der Waals surface area contributed by atoms with E-state index in [1.54, 1.807) is 6.07 Å². The van der Waals surface area contributed by atoms with Gasteiger partial charge in [0.05, 0.1) is 0 Å². The molecule has 1 N–H and O–H groups in total. The summed E-state index contributed by atoms with van der Waals surface area (Å²) >= 11 is 0. The molecule has 0 amide bonds. The van der Waals surface area contributed by atoms with E-state index in [1.165, 1.54) is 5.56 Å². The number of halogens is 1. The van der Waals surface area contributed by atoms with Gasteiger partial charge in [0.1, 0.15) is 5.75 Å². The Labute approximate surface area is 138 Å². The van der Waals surface area contributed by atoms with Crippen molar-refractivity contribution in [1.29, 1.82) is 0 Å². The first-order chi connectivity index (χ1) is 7.89. The van der Waals surface area contributed by atoms with E-state index in [-0.39, 0.29) is 39.5 Å². The number of aryl methyl sites for hydroxylation is 1. The molecule has 1 aliphatic carbocycles. The maximum atomic E-state index is 9.36. The van der Waals surface area contributed by atoms with Crippen LogP contribution in [0.15, 0.2) is 36.4 Å². The molecule has 0 saturated heterocycles. The third-order valence-electron chi connectivity index (χ3n) is 2.51. The van der Waals surface area contributed by atoms with Crippen LogP contribution in [0, 0.1) is 13.0 Å². The fourth-order valence-electron chi connectivity index (χ4n) is 1.54. The van der Waals surface area contributed by atoms with Gasteiger partial charge in [-0.2, -0.15) is 6.08 Å². The second-order valence-corrected chi connectivity index (χ2v) is 5.31. The molecule has 0 spiro atoms. The number of benzene rings is 1. The van der Waals surface area contributed by atoms with Crippen LogP contribution >= 0.6 is 0 Å². The molecule has 0 heterocycles. The number of phenolic OH excluding ortho intramolecular Hbond substituents is 1. The number of allylic oxidation sites excluding steroid dienone is 4. The van der Waals surface area contributed by atoms with E-state index < -0.39 is 0 Å². The van der Waals surface area contributed by atoms with Crippen LogP contribution in [0.3, 0.4) is 0 Å². The van der Waals surface area contributed by atoms with Crippen LogP contribution in [-0.4, -0.2) is 5.11 Å². The van der Waals surface area contributed by atoms with Crippen LogP contribution in [0.1, 0.15) is 38.3 Å². The molecule has 0 saturated carbocycles. The minimum absolute atomic E-state index is 0. The molecule has 2 rings (SSSR count). The summed E-state index contributed by atoms with van der Waals surface area (Å²) in [5.41, 5.74) is 2.41. The van der Waals surface area contributed by atoms with Crippen LogP contribution in [0.5, 0.6) is 5.75 Å². The minimum atomic E-state index is 0. The summed E-state index contributed by atoms with van der Waals surface area (Å²) in [6.45, 7) is 8.42. The first-order valence-corrected chi connectivity index (χ1v) is 5.92. The second-order valence-electron chi connectivity index (χ2n) is 5.31. The van der Waals surface area contributed by atoms with Crippen molar-refractivity contribution in [2.24, 2.45) is 0 Å². The largest absolute Gasteiger partial charge is 1.00 e. The summed E-state index contributed by atoms with van der Waals surface area (Å²) < 4.78 is 0. The maximum Gasteiger partial charge on any atom is 0.116 e. The molecule has 3 heteroatoms. The Morgan fingerprint density at radius 2 is 1.79 bits per heavy atom. The Kier molecular flexibility index (Phi) is 10.3. The summed E-state index contributed by atoms with van der Waals surface area (Å²) in [6.07, 6.45) is 10.0. The van der Waals surface area contributed by atoms with E-state index in [9.17, 15) is 5.11 Å². The standard InChI is InChI=1S/C11H16O.C5H5.ClH.Ti/c1-8-5-9(11(2,3)4)7-10(12)6-8;1-2-4-5-3-1;;/h5-7,12H,1-4H3;1-3H,4H2;1H;/q;-1;;/p-1. The summed E-state index contributed by atoms with van der Waals surface area (Å²) in [5.74, 6) is 0.361. The van der Waals surface area contributed by atoms with Crippen LogP contribution < -0.4 is 12.4 Å². The molecule has 19 heavy (non-hydrogen) atoms. The molecule has 0 radical (unpaired) electrons. The van der Waals surface area contributed by atoms with Crippen LogP contribution in [0.2, 0.25) is 0 Å². The van der Waals surface area contributed by atoms with E-state index >= 15 is 0 Å². The summed E-state index contributed by atoms with van der Waals surface area (Å²) in [4.78, 5) is 0. The van der Waals surface area contributed by atoms with E-state index in [0.29, 0.717) is 5.75 Å². The molecule has 0 fully saturated rings. The summed E-state index contributed by atoms with van der Waals surface area (Å²) in [5, 5.41) is 9.36. The maximum absolute atomic E-state index is 9.36. The van der Waals surface area contributed by atoms with Crippen molar-refractivity contribution in [3.05, 3.63) is 53.6 Å². The van der Waals surface area contributed by atoms with Crippen molar-refractivity contribution in [1.82, 2.24) is 0 Å². The number of aromatic hydroxyl groups is 1. The fraction of sp³-hybridized carbons (Fsp3) is 0.375. The van der Waals surface area contributed by atoms with Gasteiger partial charge in [-0.3, -0.25) is 6.08 Å². The van der Waals surface area contributed by atoms with Crippen molar-refractivity contribution in [3.63, 3.8) is 0 Å². The molecule has 0 aromatic heterocycles. The zero-order chi connectivity index (χ0) is 12.9. The van der Waals surface area contributed by atoms with Gasteiger partial charge in [-0.1, -0.05) is 26.8 Å². The predicted octanol–water partition coefficient (Wildman–Crippen LogP) is 1.31. The van der Waals surface area contributed by atoms with Gasteiger partial charge in [0.15, 0.2) is 0 Å².